The van der Waals surface area contributed by atoms with Crippen molar-refractivity contribution < 1.29 is 22.7 Å². The quantitative estimate of drug-likeness (QED) is 0.667. The molecule has 1 N–H and O–H groups in total. The average Bonchev–Trinajstić information content (AvgIpc) is 2.72. The highest BCUT2D eigenvalue weighted by Crippen LogP contribution is 2.30. The van der Waals surface area contributed by atoms with Crippen LogP contribution in [0, 0.1) is 13.8 Å². The molecule has 2 aromatic carbocycles. The molecule has 0 spiro atoms. The maximum absolute atomic E-state index is 13.0. The van der Waals surface area contributed by atoms with Gasteiger partial charge < -0.3 is 10.1 Å². The van der Waals surface area contributed by atoms with Gasteiger partial charge in [-0.2, -0.15) is 18.3 Å². The zero-order chi connectivity index (χ0) is 22.8. The molecule has 0 aliphatic heterocycles. The summed E-state index contributed by atoms with van der Waals surface area (Å²) in [4.78, 5) is 24.9. The lowest BCUT2D eigenvalue weighted by atomic mass is 10.1. The highest BCUT2D eigenvalue weighted by atomic mass is 19.4. The zero-order valence-corrected chi connectivity index (χ0v) is 17.1. The van der Waals surface area contributed by atoms with Gasteiger partial charge in [-0.3, -0.25) is 9.59 Å². The Hall–Kier alpha value is -3.62. The van der Waals surface area contributed by atoms with Crippen molar-refractivity contribution in [1.29, 1.82) is 0 Å². The van der Waals surface area contributed by atoms with E-state index in [1.54, 1.807) is 6.07 Å². The Labute approximate surface area is 176 Å². The van der Waals surface area contributed by atoms with Gasteiger partial charge in [-0.1, -0.05) is 18.2 Å². The third kappa shape index (κ3) is 4.93. The first-order valence-electron chi connectivity index (χ1n) is 9.30. The number of rotatable bonds is 5. The number of methoxy groups -OCH3 is 1. The molecule has 0 aliphatic carbocycles. The standard InChI is InChI=1S/C22H20F3N3O3/c1-13-7-8-15(10-19(13)31-3)12-26-21(30)20-18(29)9-14(2)28(27-20)17-6-4-5-16(11-17)22(23,24)25/h4-11H,12H2,1-3H3,(H,26,30). The van der Waals surface area contributed by atoms with Gasteiger partial charge in [0.1, 0.15) is 5.75 Å². The number of benzene rings is 2. The molecule has 3 aromatic rings. The van der Waals surface area contributed by atoms with Gasteiger partial charge in [0.2, 0.25) is 5.43 Å². The number of alkyl halides is 3. The fourth-order valence-electron chi connectivity index (χ4n) is 3.02. The van der Waals surface area contributed by atoms with E-state index in [0.29, 0.717) is 11.4 Å². The molecule has 0 radical (unpaired) electrons. The van der Waals surface area contributed by atoms with Gasteiger partial charge in [-0.25, -0.2) is 4.68 Å². The van der Waals surface area contributed by atoms with Crippen LogP contribution < -0.4 is 15.5 Å². The molecule has 0 saturated heterocycles. The Morgan fingerprint density at radius 3 is 2.55 bits per heavy atom. The second-order valence-electron chi connectivity index (χ2n) is 6.95. The second-order valence-corrected chi connectivity index (χ2v) is 6.95. The fourth-order valence-corrected chi connectivity index (χ4v) is 3.02. The number of hydrogen-bond donors (Lipinski definition) is 1. The van der Waals surface area contributed by atoms with E-state index in [1.807, 2.05) is 19.1 Å². The summed E-state index contributed by atoms with van der Waals surface area (Å²) in [5.41, 5.74) is 0.169. The number of nitrogens with zero attached hydrogens (tertiary/aromatic N) is 2. The van der Waals surface area contributed by atoms with E-state index in [1.165, 1.54) is 26.2 Å². The predicted molar refractivity (Wildman–Crippen MR) is 108 cm³/mol. The predicted octanol–water partition coefficient (Wildman–Crippen LogP) is 3.81. The molecule has 0 saturated carbocycles. The summed E-state index contributed by atoms with van der Waals surface area (Å²) in [5, 5.41) is 6.64. The van der Waals surface area contributed by atoms with Gasteiger partial charge in [0.25, 0.3) is 5.91 Å². The summed E-state index contributed by atoms with van der Waals surface area (Å²) in [6.45, 7) is 3.52. The van der Waals surface area contributed by atoms with Crippen molar-refractivity contribution in [2.75, 3.05) is 7.11 Å². The van der Waals surface area contributed by atoms with E-state index < -0.39 is 28.8 Å². The van der Waals surface area contributed by atoms with Crippen LogP contribution in [0.1, 0.15) is 32.9 Å². The van der Waals surface area contributed by atoms with Crippen molar-refractivity contribution in [3.05, 3.63) is 86.8 Å². The van der Waals surface area contributed by atoms with E-state index in [-0.39, 0.29) is 12.2 Å². The van der Waals surface area contributed by atoms with Crippen molar-refractivity contribution in [3.8, 4) is 11.4 Å². The summed E-state index contributed by atoms with van der Waals surface area (Å²) >= 11 is 0. The van der Waals surface area contributed by atoms with Gasteiger partial charge in [0.05, 0.1) is 18.4 Å². The van der Waals surface area contributed by atoms with Crippen LogP contribution in [0.3, 0.4) is 0 Å². The third-order valence-electron chi connectivity index (χ3n) is 4.67. The minimum atomic E-state index is -4.53. The fraction of sp³-hybridized carbons (Fsp3) is 0.227. The summed E-state index contributed by atoms with van der Waals surface area (Å²) in [6, 6.07) is 11.1. The van der Waals surface area contributed by atoms with E-state index in [0.717, 1.165) is 34.0 Å². The van der Waals surface area contributed by atoms with Crippen LogP contribution in [0.5, 0.6) is 5.75 Å². The Morgan fingerprint density at radius 2 is 1.87 bits per heavy atom. The lowest BCUT2D eigenvalue weighted by Gasteiger charge is -2.14. The Bertz CT molecular complexity index is 1190. The van der Waals surface area contributed by atoms with E-state index >= 15 is 0 Å². The lowest BCUT2D eigenvalue weighted by Crippen LogP contribution is -2.31. The molecule has 3 rings (SSSR count). The van der Waals surface area contributed by atoms with Crippen LogP contribution >= 0.6 is 0 Å². The highest BCUT2D eigenvalue weighted by Gasteiger charge is 2.30. The summed E-state index contributed by atoms with van der Waals surface area (Å²) < 4.78 is 45.5. The number of carbonyl (C=O) groups is 1. The van der Waals surface area contributed by atoms with Crippen LogP contribution in [0.2, 0.25) is 0 Å². The van der Waals surface area contributed by atoms with Crippen molar-refractivity contribution in [2.45, 2.75) is 26.6 Å². The first-order chi connectivity index (χ1) is 14.6. The molecular weight excluding hydrogens is 411 g/mol. The van der Waals surface area contributed by atoms with E-state index in [2.05, 4.69) is 10.4 Å². The van der Waals surface area contributed by atoms with Gasteiger partial charge in [-0.05, 0) is 49.2 Å². The Balaban J connectivity index is 1.89. The number of carbonyl (C=O) groups excluding carboxylic acids is 1. The molecule has 1 amide bonds. The number of aryl methyl sites for hydroxylation is 2. The number of aromatic nitrogens is 2. The molecule has 0 fully saturated rings. The topological polar surface area (TPSA) is 73.2 Å². The molecule has 0 bridgehead atoms. The third-order valence-corrected chi connectivity index (χ3v) is 4.67. The minimum Gasteiger partial charge on any atom is -0.496 e. The SMILES string of the molecule is COc1cc(CNC(=O)c2nn(-c3cccc(C(F)(F)F)c3)c(C)cc2=O)ccc1C. The molecule has 1 aromatic heterocycles. The number of ether oxygens (including phenoxy) is 1. The molecule has 9 heteroatoms. The summed E-state index contributed by atoms with van der Waals surface area (Å²) in [7, 11) is 1.54. The smallest absolute Gasteiger partial charge is 0.416 e. The van der Waals surface area contributed by atoms with Crippen LogP contribution in [0.4, 0.5) is 13.2 Å². The molecule has 0 unspecified atom stereocenters. The first-order valence-corrected chi connectivity index (χ1v) is 9.30. The van der Waals surface area contributed by atoms with Gasteiger partial charge in [-0.15, -0.1) is 0 Å². The average molecular weight is 431 g/mol. The first kappa shape index (κ1) is 22.1. The molecule has 31 heavy (non-hydrogen) atoms. The Kier molecular flexibility index (Phi) is 6.14. The van der Waals surface area contributed by atoms with Gasteiger partial charge in [0.15, 0.2) is 5.69 Å². The van der Waals surface area contributed by atoms with Crippen molar-refractivity contribution in [2.24, 2.45) is 0 Å². The van der Waals surface area contributed by atoms with Crippen LogP contribution in [0.15, 0.2) is 53.3 Å². The molecule has 0 aliphatic rings. The van der Waals surface area contributed by atoms with E-state index in [9.17, 15) is 22.8 Å². The highest BCUT2D eigenvalue weighted by molar-refractivity contribution is 5.92. The van der Waals surface area contributed by atoms with Crippen LogP contribution in [-0.2, 0) is 12.7 Å². The molecule has 1 heterocycles. The zero-order valence-electron chi connectivity index (χ0n) is 17.1. The Morgan fingerprint density at radius 1 is 1.13 bits per heavy atom. The molecular formula is C22H20F3N3O3. The molecule has 162 valence electrons. The van der Waals surface area contributed by atoms with Crippen molar-refractivity contribution >= 4 is 5.91 Å². The number of nitrogens with one attached hydrogen (secondary N) is 1. The number of hydrogen-bond acceptors (Lipinski definition) is 4. The second kappa shape index (κ2) is 8.63. The maximum Gasteiger partial charge on any atom is 0.416 e. The van der Waals surface area contributed by atoms with Gasteiger partial charge in [0, 0.05) is 18.3 Å². The van der Waals surface area contributed by atoms with Crippen LogP contribution in [-0.4, -0.2) is 22.8 Å². The number of halogens is 3. The van der Waals surface area contributed by atoms with Crippen molar-refractivity contribution in [1.82, 2.24) is 15.1 Å². The lowest BCUT2D eigenvalue weighted by molar-refractivity contribution is -0.137. The minimum absolute atomic E-state index is 0.0876. The van der Waals surface area contributed by atoms with E-state index in [4.69, 9.17) is 4.74 Å². The monoisotopic (exact) mass is 431 g/mol. The summed E-state index contributed by atoms with van der Waals surface area (Å²) in [5.74, 6) is -0.0719. The summed E-state index contributed by atoms with van der Waals surface area (Å²) in [6.07, 6.45) is -4.53. The molecule has 0 atom stereocenters. The number of amides is 1. The van der Waals surface area contributed by atoms with Crippen molar-refractivity contribution in [3.63, 3.8) is 0 Å². The largest absolute Gasteiger partial charge is 0.496 e. The molecule has 6 nitrogen and oxygen atoms in total. The normalized spacial score (nSPS) is 11.3. The van der Waals surface area contributed by atoms with Gasteiger partial charge >= 0.3 is 6.18 Å². The van der Waals surface area contributed by atoms with Crippen LogP contribution in [0.25, 0.3) is 5.69 Å². The maximum atomic E-state index is 13.0.